The zero-order valence-electron chi connectivity index (χ0n) is 10.9. The summed E-state index contributed by atoms with van der Waals surface area (Å²) in [6.45, 7) is 3.52. The lowest BCUT2D eigenvalue weighted by atomic mass is 10.0. The second-order valence-corrected chi connectivity index (χ2v) is 5.04. The Morgan fingerprint density at radius 1 is 1.42 bits per heavy atom. The van der Waals surface area contributed by atoms with E-state index in [2.05, 4.69) is 5.32 Å². The van der Waals surface area contributed by atoms with Gasteiger partial charge in [0.15, 0.2) is 0 Å². The van der Waals surface area contributed by atoms with E-state index in [0.29, 0.717) is 13.2 Å². The molecular weight excluding hydrogens is 252 g/mol. The lowest BCUT2D eigenvalue weighted by Crippen LogP contribution is -2.49. The first kappa shape index (κ1) is 14.2. The Balaban J connectivity index is 2.07. The van der Waals surface area contributed by atoms with Gasteiger partial charge in [-0.2, -0.15) is 0 Å². The van der Waals surface area contributed by atoms with Crippen LogP contribution in [0.3, 0.4) is 0 Å². The summed E-state index contributed by atoms with van der Waals surface area (Å²) in [6.07, 6.45) is -0.662. The van der Waals surface area contributed by atoms with E-state index in [1.165, 1.54) is 4.90 Å². The summed E-state index contributed by atoms with van der Waals surface area (Å²) in [5.74, 6) is -1.68. The van der Waals surface area contributed by atoms with Gasteiger partial charge in [-0.15, -0.1) is 0 Å². The predicted molar refractivity (Wildman–Crippen MR) is 65.5 cm³/mol. The van der Waals surface area contributed by atoms with Gasteiger partial charge in [0, 0.05) is 19.0 Å². The van der Waals surface area contributed by atoms with Gasteiger partial charge in [0.25, 0.3) is 0 Å². The summed E-state index contributed by atoms with van der Waals surface area (Å²) in [4.78, 5) is 24.8. The second kappa shape index (κ2) is 5.85. The number of hydrogen-bond acceptors (Lipinski definition) is 5. The van der Waals surface area contributed by atoms with Crippen molar-refractivity contribution in [2.75, 3.05) is 26.3 Å². The maximum atomic E-state index is 12.4. The Hall–Kier alpha value is -1.18. The molecule has 0 aliphatic carbocycles. The number of carboxylic acid groups (broad SMARTS) is 1. The fourth-order valence-electron chi connectivity index (χ4n) is 2.77. The molecule has 2 aliphatic heterocycles. The van der Waals surface area contributed by atoms with Crippen LogP contribution in [0.1, 0.15) is 13.3 Å². The van der Waals surface area contributed by atoms with Crippen LogP contribution in [0.15, 0.2) is 0 Å². The van der Waals surface area contributed by atoms with E-state index in [9.17, 15) is 14.7 Å². The Morgan fingerprint density at radius 3 is 2.79 bits per heavy atom. The van der Waals surface area contributed by atoms with Gasteiger partial charge < -0.3 is 25.2 Å². The number of likely N-dealkylation sites (tertiary alicyclic amines) is 1. The van der Waals surface area contributed by atoms with Crippen LogP contribution in [-0.2, 0) is 14.3 Å². The summed E-state index contributed by atoms with van der Waals surface area (Å²) in [6, 6.07) is -1.00. The highest BCUT2D eigenvalue weighted by Crippen LogP contribution is 2.24. The molecule has 108 valence electrons. The SMILES string of the molecule is CCNC1COCC1C(=O)N1C[C@@H](O)C[C@H]1C(=O)O. The van der Waals surface area contributed by atoms with Crippen molar-refractivity contribution in [2.45, 2.75) is 31.5 Å². The molecule has 2 fully saturated rings. The molecule has 0 aromatic rings. The maximum absolute atomic E-state index is 12.4. The Bertz CT molecular complexity index is 362. The Kier molecular flexibility index (Phi) is 4.38. The van der Waals surface area contributed by atoms with E-state index >= 15 is 0 Å². The van der Waals surface area contributed by atoms with Crippen LogP contribution >= 0.6 is 0 Å². The van der Waals surface area contributed by atoms with Crippen molar-refractivity contribution in [1.29, 1.82) is 0 Å². The summed E-state index contributed by atoms with van der Waals surface area (Å²) < 4.78 is 5.31. The fourth-order valence-corrected chi connectivity index (χ4v) is 2.77. The van der Waals surface area contributed by atoms with Gasteiger partial charge >= 0.3 is 5.97 Å². The number of aliphatic hydroxyl groups excluding tert-OH is 1. The van der Waals surface area contributed by atoms with Gasteiger partial charge in [-0.05, 0) is 6.54 Å². The summed E-state index contributed by atoms with van der Waals surface area (Å²) in [5.41, 5.74) is 0. The zero-order valence-corrected chi connectivity index (χ0v) is 10.9. The molecule has 0 aromatic carbocycles. The molecular formula is C12H20N2O5. The number of likely N-dealkylation sites (N-methyl/N-ethyl adjacent to an activating group) is 1. The van der Waals surface area contributed by atoms with Crippen LogP contribution in [0.4, 0.5) is 0 Å². The van der Waals surface area contributed by atoms with Crippen LogP contribution in [0.2, 0.25) is 0 Å². The van der Waals surface area contributed by atoms with E-state index in [-0.39, 0.29) is 30.8 Å². The highest BCUT2D eigenvalue weighted by molar-refractivity contribution is 5.86. The lowest BCUT2D eigenvalue weighted by Gasteiger charge is -2.26. The number of aliphatic carboxylic acids is 1. The number of amides is 1. The Morgan fingerprint density at radius 2 is 2.16 bits per heavy atom. The first-order valence-electron chi connectivity index (χ1n) is 6.57. The molecule has 3 N–H and O–H groups in total. The monoisotopic (exact) mass is 272 g/mol. The van der Waals surface area contributed by atoms with Gasteiger partial charge in [-0.25, -0.2) is 4.79 Å². The van der Waals surface area contributed by atoms with Crippen LogP contribution in [0, 0.1) is 5.92 Å². The summed E-state index contributed by atoms with van der Waals surface area (Å²) >= 11 is 0. The van der Waals surface area contributed by atoms with Gasteiger partial charge in [0.2, 0.25) is 5.91 Å². The van der Waals surface area contributed by atoms with E-state index < -0.39 is 18.1 Å². The van der Waals surface area contributed by atoms with Crippen LogP contribution in [0.5, 0.6) is 0 Å². The Labute approximate surface area is 111 Å². The maximum Gasteiger partial charge on any atom is 0.326 e. The molecule has 2 unspecified atom stereocenters. The van der Waals surface area contributed by atoms with Crippen molar-refractivity contribution in [1.82, 2.24) is 10.2 Å². The molecule has 7 nitrogen and oxygen atoms in total. The van der Waals surface area contributed by atoms with Gasteiger partial charge in [-0.3, -0.25) is 4.79 Å². The number of ether oxygens (including phenoxy) is 1. The van der Waals surface area contributed by atoms with Crippen LogP contribution in [0.25, 0.3) is 0 Å². The molecule has 19 heavy (non-hydrogen) atoms. The van der Waals surface area contributed by atoms with Crippen molar-refractivity contribution in [2.24, 2.45) is 5.92 Å². The van der Waals surface area contributed by atoms with Crippen molar-refractivity contribution in [3.05, 3.63) is 0 Å². The van der Waals surface area contributed by atoms with Crippen molar-refractivity contribution < 1.29 is 24.5 Å². The first-order valence-corrected chi connectivity index (χ1v) is 6.57. The van der Waals surface area contributed by atoms with Crippen LogP contribution in [-0.4, -0.2) is 71.5 Å². The fraction of sp³-hybridized carbons (Fsp3) is 0.833. The molecule has 0 saturated carbocycles. The minimum Gasteiger partial charge on any atom is -0.480 e. The number of nitrogens with one attached hydrogen (secondary N) is 1. The predicted octanol–water partition coefficient (Wildman–Crippen LogP) is -1.34. The van der Waals surface area contributed by atoms with Crippen LogP contribution < -0.4 is 5.32 Å². The smallest absolute Gasteiger partial charge is 0.326 e. The number of nitrogens with zero attached hydrogens (tertiary/aromatic N) is 1. The normalized spacial score (nSPS) is 34.7. The highest BCUT2D eigenvalue weighted by Gasteiger charge is 2.44. The molecule has 2 aliphatic rings. The molecule has 0 spiro atoms. The number of β-amino-alcohol motifs (C(OH)–C–C–N with tert-alkyl or cyclic N) is 1. The zero-order chi connectivity index (χ0) is 14.0. The minimum atomic E-state index is -1.07. The van der Waals surface area contributed by atoms with E-state index in [0.717, 1.165) is 6.54 Å². The number of aliphatic hydroxyl groups is 1. The summed E-state index contributed by atoms with van der Waals surface area (Å²) in [7, 11) is 0. The number of carbonyl (C=O) groups is 2. The largest absolute Gasteiger partial charge is 0.480 e. The summed E-state index contributed by atoms with van der Waals surface area (Å²) in [5, 5.41) is 21.9. The lowest BCUT2D eigenvalue weighted by molar-refractivity contribution is -0.150. The third kappa shape index (κ3) is 2.88. The average Bonchev–Trinajstić information content (AvgIpc) is 2.95. The number of carboxylic acids is 1. The third-order valence-corrected chi connectivity index (χ3v) is 3.71. The second-order valence-electron chi connectivity index (χ2n) is 5.04. The molecule has 2 rings (SSSR count). The number of carbonyl (C=O) groups excluding carboxylic acids is 1. The average molecular weight is 272 g/mol. The molecule has 0 aromatic heterocycles. The molecule has 4 atom stereocenters. The van der Waals surface area contributed by atoms with Gasteiger partial charge in [-0.1, -0.05) is 6.92 Å². The third-order valence-electron chi connectivity index (χ3n) is 3.71. The molecule has 0 radical (unpaired) electrons. The van der Waals surface area contributed by atoms with Crippen molar-refractivity contribution in [3.8, 4) is 0 Å². The van der Waals surface area contributed by atoms with Gasteiger partial charge in [0.1, 0.15) is 6.04 Å². The van der Waals surface area contributed by atoms with Crippen molar-refractivity contribution >= 4 is 11.9 Å². The molecule has 0 bridgehead atoms. The molecule has 1 amide bonds. The molecule has 7 heteroatoms. The topological polar surface area (TPSA) is 99.1 Å². The number of rotatable bonds is 4. The standard InChI is InChI=1S/C12H20N2O5/c1-2-13-9-6-19-5-8(9)11(16)14-4-7(15)3-10(14)12(17)18/h7-10,13,15H,2-6H2,1H3,(H,17,18)/t7-,8?,9?,10-/m0/s1. The minimum absolute atomic E-state index is 0.0790. The molecule has 2 heterocycles. The van der Waals surface area contributed by atoms with Gasteiger partial charge in [0.05, 0.1) is 25.2 Å². The van der Waals surface area contributed by atoms with Crippen molar-refractivity contribution in [3.63, 3.8) is 0 Å². The van der Waals surface area contributed by atoms with E-state index in [1.54, 1.807) is 0 Å². The molecule has 2 saturated heterocycles. The first-order chi connectivity index (χ1) is 9.04. The van der Waals surface area contributed by atoms with E-state index in [1.807, 2.05) is 6.92 Å². The quantitative estimate of drug-likeness (QED) is 0.585. The van der Waals surface area contributed by atoms with E-state index in [4.69, 9.17) is 9.84 Å². The highest BCUT2D eigenvalue weighted by atomic mass is 16.5. The number of hydrogen-bond donors (Lipinski definition) is 3.